The summed E-state index contributed by atoms with van der Waals surface area (Å²) in [5.74, 6) is 0.575. The monoisotopic (exact) mass is 514 g/mol. The molecule has 0 unspecified atom stereocenters. The maximum absolute atomic E-state index is 12.0. The van der Waals surface area contributed by atoms with E-state index in [-0.39, 0.29) is 12.7 Å². The number of ether oxygens (including phenoxy) is 2. The molecule has 0 aliphatic carbocycles. The number of benzene rings is 4. The van der Waals surface area contributed by atoms with Gasteiger partial charge in [-0.2, -0.15) is 0 Å². The zero-order chi connectivity index (χ0) is 26.7. The van der Waals surface area contributed by atoms with Crippen LogP contribution in [0.3, 0.4) is 0 Å². The second-order valence-corrected chi connectivity index (χ2v) is 9.11. The van der Waals surface area contributed by atoms with Crippen LogP contribution < -0.4 is 10.1 Å². The van der Waals surface area contributed by atoms with Gasteiger partial charge in [0.2, 0.25) is 5.88 Å². The van der Waals surface area contributed by atoms with Gasteiger partial charge in [-0.15, -0.1) is 0 Å². The molecule has 194 valence electrons. The van der Waals surface area contributed by atoms with E-state index in [0.717, 1.165) is 33.4 Å². The van der Waals surface area contributed by atoms with Crippen molar-refractivity contribution in [2.45, 2.75) is 19.1 Å². The van der Waals surface area contributed by atoms with Crippen molar-refractivity contribution in [3.05, 3.63) is 156 Å². The summed E-state index contributed by atoms with van der Waals surface area (Å²) in [6.07, 6.45) is 1.75. The fourth-order valence-electron chi connectivity index (χ4n) is 4.33. The van der Waals surface area contributed by atoms with Crippen molar-refractivity contribution in [2.75, 3.05) is 6.54 Å². The first-order valence-electron chi connectivity index (χ1n) is 13.0. The van der Waals surface area contributed by atoms with E-state index in [1.807, 2.05) is 78.9 Å². The Morgan fingerprint density at radius 3 is 1.95 bits per heavy atom. The van der Waals surface area contributed by atoms with Gasteiger partial charge in [-0.05, 0) is 46.4 Å². The number of aromatic nitrogens is 1. The highest BCUT2D eigenvalue weighted by molar-refractivity contribution is 5.69. The lowest BCUT2D eigenvalue weighted by atomic mass is 10.0. The number of amides is 1. The summed E-state index contributed by atoms with van der Waals surface area (Å²) >= 11 is 0. The smallest absolute Gasteiger partial charge is 0.407 e. The SMILES string of the molecule is O=C(NCCc1ccc(-c2cccnc2OC(c2ccccc2)c2ccccc2)cc1)OCc1ccccc1. The number of rotatable bonds is 10. The quantitative estimate of drug-likeness (QED) is 0.211. The first-order chi connectivity index (χ1) is 19.3. The molecular weight excluding hydrogens is 484 g/mol. The summed E-state index contributed by atoms with van der Waals surface area (Å²) in [5, 5.41) is 2.82. The minimum atomic E-state index is -0.418. The number of hydrogen-bond donors (Lipinski definition) is 1. The van der Waals surface area contributed by atoms with Gasteiger partial charge in [0.25, 0.3) is 0 Å². The van der Waals surface area contributed by atoms with Gasteiger partial charge < -0.3 is 14.8 Å². The zero-order valence-corrected chi connectivity index (χ0v) is 21.6. The van der Waals surface area contributed by atoms with E-state index < -0.39 is 6.09 Å². The van der Waals surface area contributed by atoms with Crippen LogP contribution in [-0.2, 0) is 17.8 Å². The molecule has 0 saturated carbocycles. The molecule has 1 heterocycles. The number of carbonyl (C=O) groups is 1. The van der Waals surface area contributed by atoms with Crippen molar-refractivity contribution in [2.24, 2.45) is 0 Å². The van der Waals surface area contributed by atoms with Crippen molar-refractivity contribution < 1.29 is 14.3 Å². The Labute approximate surface area is 229 Å². The third-order valence-electron chi connectivity index (χ3n) is 6.37. The molecule has 0 aliphatic heterocycles. The topological polar surface area (TPSA) is 60.5 Å². The average molecular weight is 515 g/mol. The third-order valence-corrected chi connectivity index (χ3v) is 6.37. The first kappa shape index (κ1) is 25.7. The minimum absolute atomic E-state index is 0.256. The number of pyridine rings is 1. The van der Waals surface area contributed by atoms with Gasteiger partial charge in [-0.1, -0.05) is 115 Å². The summed E-state index contributed by atoms with van der Waals surface area (Å²) in [5.41, 5.74) is 6.12. The van der Waals surface area contributed by atoms with E-state index in [1.54, 1.807) is 6.20 Å². The maximum Gasteiger partial charge on any atom is 0.407 e. The van der Waals surface area contributed by atoms with Crippen LogP contribution in [0.15, 0.2) is 134 Å². The van der Waals surface area contributed by atoms with Crippen LogP contribution in [-0.4, -0.2) is 17.6 Å². The maximum atomic E-state index is 12.0. The molecule has 1 amide bonds. The van der Waals surface area contributed by atoms with E-state index in [4.69, 9.17) is 9.47 Å². The Hall–Kier alpha value is -4.90. The highest BCUT2D eigenvalue weighted by atomic mass is 16.5. The van der Waals surface area contributed by atoms with E-state index in [0.29, 0.717) is 18.8 Å². The van der Waals surface area contributed by atoms with Crippen LogP contribution in [0.1, 0.15) is 28.4 Å². The minimum Gasteiger partial charge on any atom is -0.464 e. The molecule has 5 heteroatoms. The number of nitrogens with one attached hydrogen (secondary N) is 1. The molecule has 0 saturated heterocycles. The number of alkyl carbamates (subject to hydrolysis) is 1. The van der Waals surface area contributed by atoms with Gasteiger partial charge in [-0.25, -0.2) is 9.78 Å². The molecule has 39 heavy (non-hydrogen) atoms. The fraction of sp³-hybridized carbons (Fsp3) is 0.118. The summed E-state index contributed by atoms with van der Waals surface area (Å²) in [6.45, 7) is 0.746. The molecule has 5 rings (SSSR count). The number of nitrogens with zero attached hydrogens (tertiary/aromatic N) is 1. The van der Waals surface area contributed by atoms with Gasteiger partial charge in [0.15, 0.2) is 6.10 Å². The highest BCUT2D eigenvalue weighted by Crippen LogP contribution is 2.34. The van der Waals surface area contributed by atoms with E-state index in [2.05, 4.69) is 58.8 Å². The van der Waals surface area contributed by atoms with Crippen LogP contribution in [0, 0.1) is 0 Å². The van der Waals surface area contributed by atoms with Gasteiger partial charge in [0.1, 0.15) is 6.61 Å². The van der Waals surface area contributed by atoms with Crippen LogP contribution in [0.25, 0.3) is 11.1 Å². The molecule has 0 aliphatic rings. The Kier molecular flexibility index (Phi) is 8.62. The lowest BCUT2D eigenvalue weighted by Crippen LogP contribution is -2.26. The summed E-state index contributed by atoms with van der Waals surface area (Å²) < 4.78 is 11.9. The van der Waals surface area contributed by atoms with Crippen LogP contribution in [0.5, 0.6) is 5.88 Å². The molecule has 5 nitrogen and oxygen atoms in total. The molecule has 5 aromatic rings. The lowest BCUT2D eigenvalue weighted by Gasteiger charge is -2.21. The van der Waals surface area contributed by atoms with Gasteiger partial charge in [0.05, 0.1) is 0 Å². The Bertz CT molecular complexity index is 1420. The molecule has 4 aromatic carbocycles. The van der Waals surface area contributed by atoms with Crippen LogP contribution in [0.2, 0.25) is 0 Å². The molecule has 0 atom stereocenters. The second-order valence-electron chi connectivity index (χ2n) is 9.11. The second kappa shape index (κ2) is 13.1. The summed E-state index contributed by atoms with van der Waals surface area (Å²) in [7, 11) is 0. The normalized spacial score (nSPS) is 10.7. The highest BCUT2D eigenvalue weighted by Gasteiger charge is 2.19. The predicted molar refractivity (Wildman–Crippen MR) is 153 cm³/mol. The van der Waals surface area contributed by atoms with E-state index in [9.17, 15) is 4.79 Å². The molecular formula is C34H30N2O3. The largest absolute Gasteiger partial charge is 0.464 e. The van der Waals surface area contributed by atoms with Gasteiger partial charge in [-0.3, -0.25) is 0 Å². The van der Waals surface area contributed by atoms with E-state index >= 15 is 0 Å². The molecule has 0 spiro atoms. The van der Waals surface area contributed by atoms with Gasteiger partial charge >= 0.3 is 6.09 Å². The Balaban J connectivity index is 1.23. The third kappa shape index (κ3) is 7.11. The Morgan fingerprint density at radius 2 is 1.31 bits per heavy atom. The number of hydrogen-bond acceptors (Lipinski definition) is 4. The molecule has 0 fully saturated rings. The van der Waals surface area contributed by atoms with Crippen molar-refractivity contribution in [3.8, 4) is 17.0 Å². The average Bonchev–Trinajstić information content (AvgIpc) is 3.01. The molecule has 1 aromatic heterocycles. The lowest BCUT2D eigenvalue weighted by molar-refractivity contribution is 0.140. The van der Waals surface area contributed by atoms with Crippen molar-refractivity contribution in [1.82, 2.24) is 10.3 Å². The summed E-state index contributed by atoms with van der Waals surface area (Å²) in [6, 6.07) is 42.2. The first-order valence-corrected chi connectivity index (χ1v) is 13.0. The number of carbonyl (C=O) groups excluding carboxylic acids is 1. The van der Waals surface area contributed by atoms with Crippen LogP contribution in [0.4, 0.5) is 4.79 Å². The summed E-state index contributed by atoms with van der Waals surface area (Å²) in [4.78, 5) is 16.6. The zero-order valence-electron chi connectivity index (χ0n) is 21.6. The van der Waals surface area contributed by atoms with Crippen molar-refractivity contribution in [1.29, 1.82) is 0 Å². The molecule has 0 bridgehead atoms. The predicted octanol–water partition coefficient (Wildman–Crippen LogP) is 7.39. The standard InChI is InChI=1S/C34H30N2O3/c37-34(38-25-27-11-4-1-5-12-27)36-24-22-26-18-20-28(21-19-26)31-17-10-23-35-33(31)39-32(29-13-6-2-7-14-29)30-15-8-3-9-16-30/h1-21,23,32H,22,24-25H2,(H,36,37). The molecule has 1 N–H and O–H groups in total. The van der Waals surface area contributed by atoms with Gasteiger partial charge in [0, 0.05) is 18.3 Å². The van der Waals surface area contributed by atoms with Crippen molar-refractivity contribution >= 4 is 6.09 Å². The van der Waals surface area contributed by atoms with Crippen LogP contribution >= 0.6 is 0 Å². The van der Waals surface area contributed by atoms with Crippen molar-refractivity contribution in [3.63, 3.8) is 0 Å². The van der Waals surface area contributed by atoms with E-state index in [1.165, 1.54) is 0 Å². The fourth-order valence-corrected chi connectivity index (χ4v) is 4.33. The Morgan fingerprint density at radius 1 is 0.692 bits per heavy atom. The molecule has 0 radical (unpaired) electrons.